The maximum Gasteiger partial charge on any atom is 0.217 e. The number of nitrogens with one attached hydrogen (secondary N) is 1. The van der Waals surface area contributed by atoms with E-state index in [1.165, 1.54) is 16.7 Å². The van der Waals surface area contributed by atoms with E-state index in [2.05, 4.69) is 82.6 Å². The highest BCUT2D eigenvalue weighted by Gasteiger charge is 2.14. The van der Waals surface area contributed by atoms with Crippen LogP contribution in [-0.4, -0.2) is 32.8 Å². The predicted octanol–water partition coefficient (Wildman–Crippen LogP) is 4.92. The molecule has 0 saturated carbocycles. The van der Waals surface area contributed by atoms with Crippen LogP contribution in [0.1, 0.15) is 24.5 Å². The van der Waals surface area contributed by atoms with Crippen LogP contribution in [0.5, 0.6) is 0 Å². The zero-order valence-corrected chi connectivity index (χ0v) is 16.4. The van der Waals surface area contributed by atoms with E-state index >= 15 is 0 Å². The average Bonchev–Trinajstić information content (AvgIpc) is 3.09. The SMILES string of the molecule is CCc1ccc(-c2nc(=S)n(CN3CC=C(c4ccccc4)CC3)[nH]2)cc1. The number of hydrogen-bond donors (Lipinski definition) is 1. The molecule has 0 atom stereocenters. The third-order valence-corrected chi connectivity index (χ3v) is 5.41. The zero-order valence-electron chi connectivity index (χ0n) is 15.6. The molecule has 0 saturated heterocycles. The van der Waals surface area contributed by atoms with Crippen LogP contribution in [-0.2, 0) is 13.1 Å². The number of aromatic nitrogens is 3. The van der Waals surface area contributed by atoms with Gasteiger partial charge in [-0.3, -0.25) is 10.00 Å². The quantitative estimate of drug-likeness (QED) is 0.642. The summed E-state index contributed by atoms with van der Waals surface area (Å²) >= 11 is 5.47. The van der Waals surface area contributed by atoms with Crippen LogP contribution in [0.15, 0.2) is 60.7 Å². The molecule has 5 heteroatoms. The molecule has 2 aromatic carbocycles. The summed E-state index contributed by atoms with van der Waals surface area (Å²) in [6.07, 6.45) is 4.41. The van der Waals surface area contributed by atoms with Gasteiger partial charge in [-0.1, -0.05) is 67.6 Å². The summed E-state index contributed by atoms with van der Waals surface area (Å²) in [4.78, 5) is 6.92. The van der Waals surface area contributed by atoms with E-state index in [9.17, 15) is 0 Å². The van der Waals surface area contributed by atoms with Crippen molar-refractivity contribution < 1.29 is 0 Å². The van der Waals surface area contributed by atoms with Crippen molar-refractivity contribution >= 4 is 17.8 Å². The van der Waals surface area contributed by atoms with Gasteiger partial charge in [-0.15, -0.1) is 0 Å². The molecule has 0 unspecified atom stereocenters. The Bertz CT molecular complexity index is 983. The van der Waals surface area contributed by atoms with Crippen LogP contribution in [0.3, 0.4) is 0 Å². The largest absolute Gasteiger partial charge is 0.280 e. The molecule has 0 aliphatic carbocycles. The fourth-order valence-electron chi connectivity index (χ4n) is 3.43. The summed E-state index contributed by atoms with van der Waals surface area (Å²) in [5.74, 6) is 0.833. The number of benzene rings is 2. The molecule has 1 N–H and O–H groups in total. The standard InChI is InChI=1S/C22H24N4S/c1-2-17-8-10-20(11-9-17)21-23-22(27)26(24-21)16-25-14-12-19(13-15-25)18-6-4-3-5-7-18/h3-12H,2,13-16H2,1H3,(H,23,24,27). The van der Waals surface area contributed by atoms with Gasteiger partial charge in [-0.05, 0) is 41.8 Å². The highest BCUT2D eigenvalue weighted by atomic mass is 32.1. The second-order valence-electron chi connectivity index (χ2n) is 6.90. The van der Waals surface area contributed by atoms with E-state index in [0.717, 1.165) is 44.0 Å². The lowest BCUT2D eigenvalue weighted by atomic mass is 10.00. The number of nitrogens with zero attached hydrogens (tertiary/aromatic N) is 3. The molecule has 4 nitrogen and oxygen atoms in total. The number of aryl methyl sites for hydroxylation is 1. The minimum Gasteiger partial charge on any atom is -0.280 e. The maximum atomic E-state index is 5.47. The lowest BCUT2D eigenvalue weighted by Crippen LogP contribution is -2.31. The first kappa shape index (κ1) is 17.9. The molecule has 0 spiro atoms. The van der Waals surface area contributed by atoms with Crippen molar-refractivity contribution in [3.05, 3.63) is 76.6 Å². The molecule has 138 valence electrons. The molecule has 0 fully saturated rings. The smallest absolute Gasteiger partial charge is 0.217 e. The van der Waals surface area contributed by atoms with Crippen LogP contribution in [0.25, 0.3) is 17.0 Å². The Labute approximate surface area is 165 Å². The minimum absolute atomic E-state index is 0.599. The Morgan fingerprint density at radius 2 is 1.81 bits per heavy atom. The Kier molecular flexibility index (Phi) is 5.32. The van der Waals surface area contributed by atoms with Crippen molar-refractivity contribution in [1.29, 1.82) is 0 Å². The Morgan fingerprint density at radius 3 is 2.48 bits per heavy atom. The van der Waals surface area contributed by atoms with Gasteiger partial charge >= 0.3 is 0 Å². The normalized spacial score (nSPS) is 14.9. The molecule has 3 aromatic rings. The van der Waals surface area contributed by atoms with E-state index in [-0.39, 0.29) is 0 Å². The van der Waals surface area contributed by atoms with Crippen molar-refractivity contribution in [2.75, 3.05) is 13.1 Å². The number of H-pyrrole nitrogens is 1. The van der Waals surface area contributed by atoms with Gasteiger partial charge in [0.25, 0.3) is 0 Å². The Hall–Kier alpha value is -2.50. The number of hydrogen-bond acceptors (Lipinski definition) is 3. The molecule has 27 heavy (non-hydrogen) atoms. The minimum atomic E-state index is 0.599. The molecule has 2 heterocycles. The van der Waals surface area contributed by atoms with Crippen molar-refractivity contribution in [2.24, 2.45) is 0 Å². The lowest BCUT2D eigenvalue weighted by molar-refractivity contribution is 0.226. The molecule has 0 bridgehead atoms. The van der Waals surface area contributed by atoms with Crippen LogP contribution in [0.4, 0.5) is 0 Å². The summed E-state index contributed by atoms with van der Waals surface area (Å²) in [6.45, 7) is 4.83. The highest BCUT2D eigenvalue weighted by molar-refractivity contribution is 7.71. The second kappa shape index (κ2) is 8.03. The van der Waals surface area contributed by atoms with Gasteiger partial charge in [-0.25, -0.2) is 4.68 Å². The van der Waals surface area contributed by atoms with Gasteiger partial charge in [0.05, 0.1) is 6.67 Å². The Morgan fingerprint density at radius 1 is 1.04 bits per heavy atom. The first-order valence-electron chi connectivity index (χ1n) is 9.46. The van der Waals surface area contributed by atoms with E-state index in [4.69, 9.17) is 12.2 Å². The number of aromatic amines is 1. The Balaban J connectivity index is 1.45. The second-order valence-corrected chi connectivity index (χ2v) is 7.26. The maximum absolute atomic E-state index is 5.47. The first-order chi connectivity index (χ1) is 13.2. The molecule has 1 aliphatic heterocycles. The van der Waals surface area contributed by atoms with E-state index in [1.807, 2.05) is 4.68 Å². The lowest BCUT2D eigenvalue weighted by Gasteiger charge is -2.26. The highest BCUT2D eigenvalue weighted by Crippen LogP contribution is 2.22. The van der Waals surface area contributed by atoms with Gasteiger partial charge in [0.1, 0.15) is 0 Å². The fraction of sp³-hybridized carbons (Fsp3) is 0.273. The first-order valence-corrected chi connectivity index (χ1v) is 9.86. The van der Waals surface area contributed by atoms with Crippen LogP contribution in [0, 0.1) is 4.77 Å². The number of rotatable bonds is 5. The van der Waals surface area contributed by atoms with E-state index in [1.54, 1.807) is 0 Å². The topological polar surface area (TPSA) is 36.9 Å². The van der Waals surface area contributed by atoms with Crippen molar-refractivity contribution in [2.45, 2.75) is 26.4 Å². The summed E-state index contributed by atoms with van der Waals surface area (Å²) in [7, 11) is 0. The van der Waals surface area contributed by atoms with Crippen molar-refractivity contribution in [3.8, 4) is 11.4 Å². The molecule has 0 radical (unpaired) electrons. The molecule has 1 aromatic heterocycles. The molecule has 0 amide bonds. The van der Waals surface area contributed by atoms with Crippen LogP contribution < -0.4 is 0 Å². The summed E-state index contributed by atoms with van der Waals surface area (Å²) < 4.78 is 2.56. The zero-order chi connectivity index (χ0) is 18.6. The van der Waals surface area contributed by atoms with Gasteiger partial charge in [0.15, 0.2) is 5.82 Å². The van der Waals surface area contributed by atoms with Gasteiger partial charge in [-0.2, -0.15) is 4.98 Å². The molecule has 4 rings (SSSR count). The van der Waals surface area contributed by atoms with Gasteiger partial charge in [0.2, 0.25) is 4.77 Å². The van der Waals surface area contributed by atoms with Crippen molar-refractivity contribution in [3.63, 3.8) is 0 Å². The molecular weight excluding hydrogens is 352 g/mol. The third-order valence-electron chi connectivity index (χ3n) is 5.09. The third kappa shape index (κ3) is 4.10. The average molecular weight is 377 g/mol. The monoisotopic (exact) mass is 376 g/mol. The van der Waals surface area contributed by atoms with Crippen LogP contribution >= 0.6 is 12.2 Å². The van der Waals surface area contributed by atoms with Crippen molar-refractivity contribution in [1.82, 2.24) is 19.7 Å². The predicted molar refractivity (Wildman–Crippen MR) is 113 cm³/mol. The fourth-order valence-corrected chi connectivity index (χ4v) is 3.63. The molecular formula is C22H24N4S. The summed E-state index contributed by atoms with van der Waals surface area (Å²) in [5, 5.41) is 3.36. The molecule has 1 aliphatic rings. The van der Waals surface area contributed by atoms with E-state index < -0.39 is 0 Å². The summed E-state index contributed by atoms with van der Waals surface area (Å²) in [5.41, 5.74) is 5.15. The van der Waals surface area contributed by atoms with Gasteiger partial charge < -0.3 is 0 Å². The van der Waals surface area contributed by atoms with Gasteiger partial charge in [0, 0.05) is 18.7 Å². The van der Waals surface area contributed by atoms with E-state index in [0.29, 0.717) is 4.77 Å². The summed E-state index contributed by atoms with van der Waals surface area (Å²) in [6, 6.07) is 19.1. The van der Waals surface area contributed by atoms with Crippen LogP contribution in [0.2, 0.25) is 0 Å².